The van der Waals surface area contributed by atoms with Crippen LogP contribution in [0.25, 0.3) is 6.08 Å². The monoisotopic (exact) mass is 370 g/mol. The summed E-state index contributed by atoms with van der Waals surface area (Å²) in [5, 5.41) is 0. The zero-order valence-corrected chi connectivity index (χ0v) is 15.9. The lowest BCUT2D eigenvalue weighted by molar-refractivity contribution is 0.200. The third kappa shape index (κ3) is 5.53. The van der Waals surface area contributed by atoms with Crippen LogP contribution in [0.4, 0.5) is 0 Å². The molecule has 0 radical (unpaired) electrons. The van der Waals surface area contributed by atoms with Crippen LogP contribution >= 0.6 is 0 Å². The average molecular weight is 371 g/mol. The van der Waals surface area contributed by atoms with E-state index in [1.54, 1.807) is 0 Å². The molecule has 0 unspecified atom stereocenters. The van der Waals surface area contributed by atoms with E-state index in [1.807, 2.05) is 36.4 Å². The molecule has 2 aromatic rings. The largest absolute Gasteiger partial charge is 0.298 e. The number of likely N-dealkylation sites (tertiary alicyclic amines) is 1. The lowest BCUT2D eigenvalue weighted by atomic mass is 9.86. The number of piperidine rings is 1. The van der Waals surface area contributed by atoms with Crippen LogP contribution in [0, 0.1) is 0 Å². The van der Waals surface area contributed by atoms with Gasteiger partial charge in [-0.15, -0.1) is 0 Å². The van der Waals surface area contributed by atoms with Gasteiger partial charge in [-0.2, -0.15) is 0 Å². The Balaban J connectivity index is 1.67. The van der Waals surface area contributed by atoms with E-state index in [1.165, 1.54) is 17.4 Å². The Morgan fingerprint density at radius 1 is 1.08 bits per heavy atom. The minimum Gasteiger partial charge on any atom is -0.298 e. The van der Waals surface area contributed by atoms with E-state index in [0.717, 1.165) is 19.5 Å². The molecule has 138 valence electrons. The van der Waals surface area contributed by atoms with Gasteiger partial charge in [-0.3, -0.25) is 4.90 Å². The van der Waals surface area contributed by atoms with E-state index < -0.39 is 10.0 Å². The maximum Gasteiger partial charge on any atom is 0.209 e. The summed E-state index contributed by atoms with van der Waals surface area (Å²) in [6.45, 7) is 2.49. The molecule has 1 N–H and O–H groups in total. The van der Waals surface area contributed by atoms with Gasteiger partial charge < -0.3 is 0 Å². The van der Waals surface area contributed by atoms with E-state index in [-0.39, 0.29) is 12.0 Å². The molecule has 0 amide bonds. The summed E-state index contributed by atoms with van der Waals surface area (Å²) in [4.78, 5) is 2.31. The standard InChI is InChI=1S/C21H26N2O2S/c1-26(24,25)22-21-17-23(15-8-11-18-9-4-2-5-10-18)16-14-20(21)19-12-6-3-7-13-19/h2-13,20-22H,14-17H2,1H3/t20-,21-/m0/s1. The van der Waals surface area contributed by atoms with Crippen molar-refractivity contribution in [1.82, 2.24) is 9.62 Å². The summed E-state index contributed by atoms with van der Waals surface area (Å²) in [7, 11) is -3.25. The second-order valence-corrected chi connectivity index (χ2v) is 8.66. The predicted octanol–water partition coefficient (Wildman–Crippen LogP) is 3.11. The molecule has 1 fully saturated rings. The van der Waals surface area contributed by atoms with Crippen molar-refractivity contribution in [2.24, 2.45) is 0 Å². The fraction of sp³-hybridized carbons (Fsp3) is 0.333. The van der Waals surface area contributed by atoms with Gasteiger partial charge in [0.25, 0.3) is 0 Å². The van der Waals surface area contributed by atoms with Crippen molar-refractivity contribution in [2.75, 3.05) is 25.9 Å². The molecule has 0 bridgehead atoms. The van der Waals surface area contributed by atoms with Gasteiger partial charge in [0.15, 0.2) is 0 Å². The number of nitrogens with one attached hydrogen (secondary N) is 1. The average Bonchev–Trinajstić information content (AvgIpc) is 2.62. The third-order valence-corrected chi connectivity index (χ3v) is 5.49. The Morgan fingerprint density at radius 2 is 1.73 bits per heavy atom. The molecular formula is C21H26N2O2S. The van der Waals surface area contributed by atoms with Gasteiger partial charge in [-0.1, -0.05) is 72.8 Å². The Morgan fingerprint density at radius 3 is 2.38 bits per heavy atom. The fourth-order valence-electron chi connectivity index (χ4n) is 3.58. The van der Waals surface area contributed by atoms with Gasteiger partial charge in [0, 0.05) is 25.0 Å². The van der Waals surface area contributed by atoms with Crippen molar-refractivity contribution in [3.63, 3.8) is 0 Å². The van der Waals surface area contributed by atoms with Crippen LogP contribution in [0.5, 0.6) is 0 Å². The van der Waals surface area contributed by atoms with Crippen LogP contribution in [0.1, 0.15) is 23.5 Å². The summed E-state index contributed by atoms with van der Waals surface area (Å²) in [5.41, 5.74) is 2.38. The number of hydrogen-bond donors (Lipinski definition) is 1. The van der Waals surface area contributed by atoms with E-state index in [4.69, 9.17) is 0 Å². The highest BCUT2D eigenvalue weighted by Gasteiger charge is 2.31. The summed E-state index contributed by atoms with van der Waals surface area (Å²) < 4.78 is 26.5. The molecule has 0 saturated carbocycles. The van der Waals surface area contributed by atoms with Crippen LogP contribution < -0.4 is 4.72 Å². The van der Waals surface area contributed by atoms with Gasteiger partial charge in [-0.05, 0) is 24.1 Å². The van der Waals surface area contributed by atoms with Crippen molar-refractivity contribution in [2.45, 2.75) is 18.4 Å². The number of hydrogen-bond acceptors (Lipinski definition) is 3. The van der Waals surface area contributed by atoms with Crippen molar-refractivity contribution >= 4 is 16.1 Å². The fourth-order valence-corrected chi connectivity index (χ4v) is 4.37. The molecule has 4 nitrogen and oxygen atoms in total. The van der Waals surface area contributed by atoms with Crippen molar-refractivity contribution in [3.05, 3.63) is 77.9 Å². The molecule has 26 heavy (non-hydrogen) atoms. The van der Waals surface area contributed by atoms with E-state index in [0.29, 0.717) is 6.54 Å². The van der Waals surface area contributed by atoms with E-state index in [2.05, 4.69) is 46.0 Å². The lowest BCUT2D eigenvalue weighted by Crippen LogP contribution is -2.51. The molecule has 1 aliphatic rings. The summed E-state index contributed by atoms with van der Waals surface area (Å²) >= 11 is 0. The Kier molecular flexibility index (Phi) is 6.25. The Labute approximate surface area is 156 Å². The van der Waals surface area contributed by atoms with Gasteiger partial charge in [0.2, 0.25) is 10.0 Å². The van der Waals surface area contributed by atoms with Gasteiger partial charge >= 0.3 is 0 Å². The highest BCUT2D eigenvalue weighted by molar-refractivity contribution is 7.88. The topological polar surface area (TPSA) is 49.4 Å². The predicted molar refractivity (Wildman–Crippen MR) is 107 cm³/mol. The first kappa shape index (κ1) is 18.8. The Hall–Kier alpha value is -1.95. The number of benzene rings is 2. The van der Waals surface area contributed by atoms with Crippen molar-refractivity contribution in [1.29, 1.82) is 0 Å². The highest BCUT2D eigenvalue weighted by atomic mass is 32.2. The summed E-state index contributed by atoms with van der Waals surface area (Å²) in [5.74, 6) is 0.209. The van der Waals surface area contributed by atoms with E-state index >= 15 is 0 Å². The van der Waals surface area contributed by atoms with Crippen LogP contribution in [0.2, 0.25) is 0 Å². The van der Waals surface area contributed by atoms with Crippen LogP contribution in [0.3, 0.4) is 0 Å². The maximum atomic E-state index is 11.8. The molecule has 3 rings (SSSR count). The second-order valence-electron chi connectivity index (χ2n) is 6.87. The normalized spacial score (nSPS) is 21.9. The summed E-state index contributed by atoms with van der Waals surface area (Å²) in [6, 6.07) is 20.3. The van der Waals surface area contributed by atoms with Gasteiger partial charge in [0.05, 0.1) is 6.26 Å². The molecule has 0 aromatic heterocycles. The number of rotatable bonds is 6. The number of nitrogens with zero attached hydrogens (tertiary/aromatic N) is 1. The molecule has 1 aliphatic heterocycles. The first-order valence-electron chi connectivity index (χ1n) is 8.97. The molecule has 2 aromatic carbocycles. The van der Waals surface area contributed by atoms with Crippen LogP contribution in [-0.4, -0.2) is 45.2 Å². The molecule has 1 heterocycles. The lowest BCUT2D eigenvalue weighted by Gasteiger charge is -2.38. The SMILES string of the molecule is CS(=O)(=O)N[C@H]1CN(CC=Cc2ccccc2)CC[C@H]1c1ccccc1. The molecule has 0 spiro atoms. The van der Waals surface area contributed by atoms with Crippen molar-refractivity contribution in [3.8, 4) is 0 Å². The van der Waals surface area contributed by atoms with Crippen molar-refractivity contribution < 1.29 is 8.42 Å². The molecule has 1 saturated heterocycles. The maximum absolute atomic E-state index is 11.8. The first-order chi connectivity index (χ1) is 12.5. The van der Waals surface area contributed by atoms with Crippen LogP contribution in [-0.2, 0) is 10.0 Å². The molecule has 5 heteroatoms. The molecule has 0 aliphatic carbocycles. The highest BCUT2D eigenvalue weighted by Crippen LogP contribution is 2.28. The minimum absolute atomic E-state index is 0.105. The minimum atomic E-state index is -3.25. The van der Waals surface area contributed by atoms with Gasteiger partial charge in [-0.25, -0.2) is 13.1 Å². The van der Waals surface area contributed by atoms with Crippen LogP contribution in [0.15, 0.2) is 66.7 Å². The van der Waals surface area contributed by atoms with E-state index in [9.17, 15) is 8.42 Å². The van der Waals surface area contributed by atoms with Gasteiger partial charge in [0.1, 0.15) is 0 Å². The first-order valence-corrected chi connectivity index (χ1v) is 10.9. The zero-order valence-electron chi connectivity index (χ0n) is 15.1. The summed E-state index contributed by atoms with van der Waals surface area (Å²) in [6.07, 6.45) is 6.44. The quantitative estimate of drug-likeness (QED) is 0.850. The zero-order chi connectivity index (χ0) is 18.4. The molecule has 2 atom stereocenters. The molecular weight excluding hydrogens is 344 g/mol. The third-order valence-electron chi connectivity index (χ3n) is 4.76. The smallest absolute Gasteiger partial charge is 0.209 e. The second kappa shape index (κ2) is 8.62. The Bertz CT molecular complexity index is 820. The number of sulfonamides is 1.